The average Bonchev–Trinajstić information content (AvgIpc) is 2.42. The van der Waals surface area contributed by atoms with Crippen LogP contribution in [0.5, 0.6) is 5.75 Å². The van der Waals surface area contributed by atoms with Gasteiger partial charge in [0.25, 0.3) is 0 Å². The van der Waals surface area contributed by atoms with Crippen LogP contribution in [0.15, 0.2) is 46.9 Å². The Bertz CT molecular complexity index is 708. The molecular formula is C14H9BrClF3N2O2. The molecule has 0 heterocycles. The second-order valence-electron chi connectivity index (χ2n) is 4.28. The highest BCUT2D eigenvalue weighted by atomic mass is 79.9. The van der Waals surface area contributed by atoms with Crippen LogP contribution in [-0.4, -0.2) is 12.4 Å². The number of ether oxygens (including phenoxy) is 1. The van der Waals surface area contributed by atoms with E-state index in [0.29, 0.717) is 16.4 Å². The van der Waals surface area contributed by atoms with Crippen molar-refractivity contribution in [3.8, 4) is 5.75 Å². The summed E-state index contributed by atoms with van der Waals surface area (Å²) in [6.45, 7) is 0. The number of benzene rings is 2. The maximum absolute atomic E-state index is 12.0. The number of anilines is 2. The first kappa shape index (κ1) is 17.4. The highest BCUT2D eigenvalue weighted by molar-refractivity contribution is 9.10. The van der Waals surface area contributed by atoms with Crippen LogP contribution in [0.3, 0.4) is 0 Å². The lowest BCUT2D eigenvalue weighted by atomic mass is 10.3. The number of hydrogen-bond acceptors (Lipinski definition) is 2. The lowest BCUT2D eigenvalue weighted by molar-refractivity contribution is -0.274. The fourth-order valence-electron chi connectivity index (χ4n) is 1.62. The fraction of sp³-hybridized carbons (Fsp3) is 0.0714. The maximum atomic E-state index is 12.0. The van der Waals surface area contributed by atoms with Crippen molar-refractivity contribution < 1.29 is 22.7 Å². The second-order valence-corrected chi connectivity index (χ2v) is 5.60. The minimum absolute atomic E-state index is 0.297. The minimum atomic E-state index is -4.76. The van der Waals surface area contributed by atoms with Gasteiger partial charge >= 0.3 is 12.4 Å². The second kappa shape index (κ2) is 7.10. The Morgan fingerprint density at radius 2 is 1.74 bits per heavy atom. The Hall–Kier alpha value is -1.93. The van der Waals surface area contributed by atoms with E-state index >= 15 is 0 Å². The summed E-state index contributed by atoms with van der Waals surface area (Å²) in [5.74, 6) is -0.376. The number of rotatable bonds is 3. The first-order chi connectivity index (χ1) is 10.7. The van der Waals surface area contributed by atoms with Gasteiger partial charge in [0.2, 0.25) is 0 Å². The molecule has 2 N–H and O–H groups in total. The zero-order valence-corrected chi connectivity index (χ0v) is 13.6. The molecule has 2 rings (SSSR count). The Kier molecular flexibility index (Phi) is 5.38. The molecule has 0 unspecified atom stereocenters. The molecule has 0 aliphatic rings. The number of hydrogen-bond donors (Lipinski definition) is 2. The van der Waals surface area contributed by atoms with E-state index in [-0.39, 0.29) is 5.75 Å². The van der Waals surface area contributed by atoms with Gasteiger partial charge in [-0.25, -0.2) is 4.79 Å². The van der Waals surface area contributed by atoms with Crippen molar-refractivity contribution in [1.82, 2.24) is 0 Å². The highest BCUT2D eigenvalue weighted by Crippen LogP contribution is 2.26. The quantitative estimate of drug-likeness (QED) is 0.689. The van der Waals surface area contributed by atoms with Gasteiger partial charge in [-0.3, -0.25) is 0 Å². The van der Waals surface area contributed by atoms with Crippen molar-refractivity contribution in [2.24, 2.45) is 0 Å². The van der Waals surface area contributed by atoms with Crippen molar-refractivity contribution in [3.05, 3.63) is 52.0 Å². The number of alkyl halides is 3. The van der Waals surface area contributed by atoms with Crippen LogP contribution in [0.2, 0.25) is 5.02 Å². The van der Waals surface area contributed by atoms with Gasteiger partial charge < -0.3 is 15.4 Å². The van der Waals surface area contributed by atoms with Crippen LogP contribution in [-0.2, 0) is 0 Å². The predicted molar refractivity (Wildman–Crippen MR) is 84.9 cm³/mol. The average molecular weight is 410 g/mol. The molecule has 0 aromatic heterocycles. The van der Waals surface area contributed by atoms with Gasteiger partial charge in [0.1, 0.15) is 5.75 Å². The lowest BCUT2D eigenvalue weighted by Crippen LogP contribution is -2.20. The van der Waals surface area contributed by atoms with Crippen molar-refractivity contribution >= 4 is 44.9 Å². The number of carbonyl (C=O) groups is 1. The standard InChI is InChI=1S/C14H9BrClF3N2O2/c15-8-1-6-12(11(16)7-8)21-13(22)20-9-2-4-10(5-3-9)23-14(17,18)19/h1-7H,(H2,20,21,22). The number of halogens is 5. The van der Waals surface area contributed by atoms with Gasteiger partial charge in [-0.1, -0.05) is 27.5 Å². The molecule has 0 spiro atoms. The van der Waals surface area contributed by atoms with E-state index in [4.69, 9.17) is 11.6 Å². The monoisotopic (exact) mass is 408 g/mol. The third-order valence-corrected chi connectivity index (χ3v) is 3.33. The van der Waals surface area contributed by atoms with Crippen molar-refractivity contribution in [1.29, 1.82) is 0 Å². The zero-order valence-electron chi connectivity index (χ0n) is 11.2. The van der Waals surface area contributed by atoms with Crippen LogP contribution >= 0.6 is 27.5 Å². The van der Waals surface area contributed by atoms with Gasteiger partial charge in [-0.05, 0) is 42.5 Å². The summed E-state index contributed by atoms with van der Waals surface area (Å²) in [6.07, 6.45) is -4.76. The maximum Gasteiger partial charge on any atom is 0.573 e. The van der Waals surface area contributed by atoms with Gasteiger partial charge in [0.15, 0.2) is 0 Å². The van der Waals surface area contributed by atoms with Crippen LogP contribution in [0.1, 0.15) is 0 Å². The Labute approximate surface area is 142 Å². The van der Waals surface area contributed by atoms with E-state index < -0.39 is 12.4 Å². The topological polar surface area (TPSA) is 50.4 Å². The van der Waals surface area contributed by atoms with E-state index in [9.17, 15) is 18.0 Å². The lowest BCUT2D eigenvalue weighted by Gasteiger charge is -2.11. The molecule has 0 aliphatic carbocycles. The van der Waals surface area contributed by atoms with Crippen molar-refractivity contribution in [2.75, 3.05) is 10.6 Å². The summed E-state index contributed by atoms with van der Waals surface area (Å²) in [5, 5.41) is 5.33. The van der Waals surface area contributed by atoms with Crippen LogP contribution < -0.4 is 15.4 Å². The van der Waals surface area contributed by atoms with E-state index in [1.54, 1.807) is 18.2 Å². The normalized spacial score (nSPS) is 11.0. The molecule has 0 aliphatic heterocycles. The van der Waals surface area contributed by atoms with Crippen LogP contribution in [0, 0.1) is 0 Å². The molecule has 0 radical (unpaired) electrons. The Morgan fingerprint density at radius 1 is 1.09 bits per heavy atom. The summed E-state index contributed by atoms with van der Waals surface area (Å²) in [4.78, 5) is 11.8. The van der Waals surface area contributed by atoms with Gasteiger partial charge in [-0.2, -0.15) is 0 Å². The fourth-order valence-corrected chi connectivity index (χ4v) is 2.34. The van der Waals surface area contributed by atoms with Crippen molar-refractivity contribution in [3.63, 3.8) is 0 Å². The molecule has 4 nitrogen and oxygen atoms in total. The van der Waals surface area contributed by atoms with Gasteiger partial charge in [0, 0.05) is 10.2 Å². The summed E-state index contributed by atoms with van der Waals surface area (Å²) in [5.41, 5.74) is 0.689. The Balaban J connectivity index is 1.97. The molecule has 0 fully saturated rings. The largest absolute Gasteiger partial charge is 0.573 e. The molecule has 9 heteroatoms. The SMILES string of the molecule is O=C(Nc1ccc(OC(F)(F)F)cc1)Nc1ccc(Br)cc1Cl. The molecule has 0 saturated heterocycles. The first-order valence-corrected chi connectivity index (χ1v) is 7.29. The minimum Gasteiger partial charge on any atom is -0.406 e. The predicted octanol–water partition coefficient (Wildman–Crippen LogP) is 5.65. The molecule has 0 saturated carbocycles. The number of nitrogens with one attached hydrogen (secondary N) is 2. The van der Waals surface area contributed by atoms with Crippen LogP contribution in [0.4, 0.5) is 29.3 Å². The number of carbonyl (C=O) groups excluding carboxylic acids is 1. The van der Waals surface area contributed by atoms with E-state index in [0.717, 1.165) is 16.6 Å². The third-order valence-electron chi connectivity index (χ3n) is 2.53. The zero-order chi connectivity index (χ0) is 17.0. The summed E-state index contributed by atoms with van der Waals surface area (Å²) in [6, 6.07) is 9.08. The summed E-state index contributed by atoms with van der Waals surface area (Å²) < 4.78 is 40.6. The number of amides is 2. The molecule has 122 valence electrons. The molecule has 2 aromatic rings. The Morgan fingerprint density at radius 3 is 2.30 bits per heavy atom. The van der Waals surface area contributed by atoms with Gasteiger partial charge in [0.05, 0.1) is 10.7 Å². The summed E-state index contributed by atoms with van der Waals surface area (Å²) >= 11 is 9.20. The highest BCUT2D eigenvalue weighted by Gasteiger charge is 2.30. The van der Waals surface area contributed by atoms with Crippen molar-refractivity contribution in [2.45, 2.75) is 6.36 Å². The van der Waals surface area contributed by atoms with E-state index in [2.05, 4.69) is 31.3 Å². The molecule has 23 heavy (non-hydrogen) atoms. The van der Waals surface area contributed by atoms with Gasteiger partial charge in [-0.15, -0.1) is 13.2 Å². The molecule has 2 amide bonds. The number of urea groups is 1. The molecule has 0 bridgehead atoms. The third kappa shape index (κ3) is 5.65. The molecular weight excluding hydrogens is 401 g/mol. The molecule has 2 aromatic carbocycles. The van der Waals surface area contributed by atoms with E-state index in [1.165, 1.54) is 12.1 Å². The van der Waals surface area contributed by atoms with Crippen LogP contribution in [0.25, 0.3) is 0 Å². The van der Waals surface area contributed by atoms with E-state index in [1.807, 2.05) is 0 Å². The first-order valence-electron chi connectivity index (χ1n) is 6.12. The summed E-state index contributed by atoms with van der Waals surface area (Å²) in [7, 11) is 0. The smallest absolute Gasteiger partial charge is 0.406 e. The molecule has 0 atom stereocenters.